The fraction of sp³-hybridized carbons (Fsp3) is 0.200. The van der Waals surface area contributed by atoms with Gasteiger partial charge in [-0.2, -0.15) is 0 Å². The highest BCUT2D eigenvalue weighted by Gasteiger charge is 2.10. The minimum Gasteiger partial charge on any atom is -0.508 e. The molecule has 0 aliphatic rings. The molecular weight excluding hydrogens is 229 g/mol. The van der Waals surface area contributed by atoms with E-state index < -0.39 is 0 Å². The summed E-state index contributed by atoms with van der Waals surface area (Å²) in [5, 5.41) is 13.0. The normalized spacial score (nSPS) is 12.2. The molecule has 0 heterocycles. The van der Waals surface area contributed by atoms with E-state index in [-0.39, 0.29) is 17.6 Å². The van der Waals surface area contributed by atoms with Crippen molar-refractivity contribution in [3.05, 3.63) is 59.4 Å². The molecule has 0 bridgehead atoms. The van der Waals surface area contributed by atoms with E-state index in [0.717, 1.165) is 16.8 Å². The summed E-state index contributed by atoms with van der Waals surface area (Å²) in [6.45, 7) is 3.85. The first kappa shape index (κ1) is 12.4. The van der Waals surface area contributed by atoms with Crippen LogP contribution >= 0.6 is 0 Å². The lowest BCUT2D eigenvalue weighted by atomic mass is 10.1. The molecule has 0 saturated carbocycles. The Morgan fingerprint density at radius 3 is 2.61 bits per heavy atom. The highest BCUT2D eigenvalue weighted by atomic mass is 19.1. The standard InChI is InChI=1S/C15H16FNO/c1-10-7-8-12(16)9-14(10)17-11(2)13-5-3-4-6-15(13)18/h3-9,11,17-18H,1-2H3. The third kappa shape index (κ3) is 2.62. The molecule has 0 spiro atoms. The summed E-state index contributed by atoms with van der Waals surface area (Å²) >= 11 is 0. The predicted molar refractivity (Wildman–Crippen MR) is 71.3 cm³/mol. The summed E-state index contributed by atoms with van der Waals surface area (Å²) < 4.78 is 13.2. The molecule has 0 aromatic heterocycles. The second kappa shape index (κ2) is 5.08. The lowest BCUT2D eigenvalue weighted by Crippen LogP contribution is -2.08. The monoisotopic (exact) mass is 245 g/mol. The average molecular weight is 245 g/mol. The van der Waals surface area contributed by atoms with Gasteiger partial charge in [0.05, 0.1) is 6.04 Å². The topological polar surface area (TPSA) is 32.3 Å². The summed E-state index contributed by atoms with van der Waals surface area (Å²) in [4.78, 5) is 0. The van der Waals surface area contributed by atoms with Gasteiger partial charge in [-0.3, -0.25) is 0 Å². The number of hydrogen-bond acceptors (Lipinski definition) is 2. The van der Waals surface area contributed by atoms with Crippen molar-refractivity contribution in [2.75, 3.05) is 5.32 Å². The van der Waals surface area contributed by atoms with E-state index in [1.807, 2.05) is 26.0 Å². The van der Waals surface area contributed by atoms with E-state index in [0.29, 0.717) is 0 Å². The third-order valence-electron chi connectivity index (χ3n) is 2.97. The van der Waals surface area contributed by atoms with E-state index in [4.69, 9.17) is 0 Å². The van der Waals surface area contributed by atoms with E-state index in [1.54, 1.807) is 18.2 Å². The Hall–Kier alpha value is -2.03. The van der Waals surface area contributed by atoms with Crippen molar-refractivity contribution in [1.82, 2.24) is 0 Å². The van der Waals surface area contributed by atoms with E-state index in [1.165, 1.54) is 12.1 Å². The van der Waals surface area contributed by atoms with Crippen molar-refractivity contribution in [1.29, 1.82) is 0 Å². The maximum atomic E-state index is 13.2. The van der Waals surface area contributed by atoms with Gasteiger partial charge in [0.25, 0.3) is 0 Å². The zero-order valence-electron chi connectivity index (χ0n) is 10.4. The molecule has 18 heavy (non-hydrogen) atoms. The van der Waals surface area contributed by atoms with Crippen molar-refractivity contribution >= 4 is 5.69 Å². The van der Waals surface area contributed by atoms with Crippen LogP contribution in [0.5, 0.6) is 5.75 Å². The predicted octanol–water partition coefficient (Wildman–Crippen LogP) is 4.01. The molecule has 0 aliphatic carbocycles. The molecule has 2 nitrogen and oxygen atoms in total. The lowest BCUT2D eigenvalue weighted by molar-refractivity contribution is 0.465. The van der Waals surface area contributed by atoms with Crippen LogP contribution in [0.15, 0.2) is 42.5 Å². The van der Waals surface area contributed by atoms with Crippen LogP contribution in [-0.2, 0) is 0 Å². The van der Waals surface area contributed by atoms with Crippen LogP contribution in [-0.4, -0.2) is 5.11 Å². The molecule has 3 heteroatoms. The minimum atomic E-state index is -0.271. The fourth-order valence-corrected chi connectivity index (χ4v) is 1.91. The van der Waals surface area contributed by atoms with Crippen LogP contribution in [0.2, 0.25) is 0 Å². The molecule has 2 aromatic carbocycles. The summed E-state index contributed by atoms with van der Waals surface area (Å²) in [6.07, 6.45) is 0. The second-order valence-corrected chi connectivity index (χ2v) is 4.38. The quantitative estimate of drug-likeness (QED) is 0.856. The van der Waals surface area contributed by atoms with Gasteiger partial charge in [0, 0.05) is 11.3 Å². The molecule has 0 amide bonds. The van der Waals surface area contributed by atoms with Gasteiger partial charge in [0.1, 0.15) is 11.6 Å². The van der Waals surface area contributed by atoms with Gasteiger partial charge in [0.15, 0.2) is 0 Å². The number of hydrogen-bond donors (Lipinski definition) is 2. The summed E-state index contributed by atoms with van der Waals surface area (Å²) in [7, 11) is 0. The minimum absolute atomic E-state index is 0.0910. The molecule has 1 unspecified atom stereocenters. The first-order valence-corrected chi connectivity index (χ1v) is 5.88. The summed E-state index contributed by atoms with van der Waals surface area (Å²) in [5.41, 5.74) is 2.51. The van der Waals surface area contributed by atoms with E-state index in [2.05, 4.69) is 5.32 Å². The van der Waals surface area contributed by atoms with Gasteiger partial charge >= 0.3 is 0 Å². The summed E-state index contributed by atoms with van der Waals surface area (Å²) in [6, 6.07) is 11.7. The van der Waals surface area contributed by atoms with Crippen LogP contribution in [0, 0.1) is 12.7 Å². The Bertz CT molecular complexity index is 554. The van der Waals surface area contributed by atoms with Crippen LogP contribution in [0.1, 0.15) is 24.1 Å². The van der Waals surface area contributed by atoms with E-state index in [9.17, 15) is 9.50 Å². The molecule has 0 fully saturated rings. The third-order valence-corrected chi connectivity index (χ3v) is 2.97. The fourth-order valence-electron chi connectivity index (χ4n) is 1.91. The number of phenols is 1. The number of benzene rings is 2. The Balaban J connectivity index is 2.24. The Kier molecular flexibility index (Phi) is 3.51. The number of para-hydroxylation sites is 1. The van der Waals surface area contributed by atoms with Crippen molar-refractivity contribution in [2.24, 2.45) is 0 Å². The maximum absolute atomic E-state index is 13.2. The lowest BCUT2D eigenvalue weighted by Gasteiger charge is -2.18. The van der Waals surface area contributed by atoms with E-state index >= 15 is 0 Å². The van der Waals surface area contributed by atoms with Gasteiger partial charge < -0.3 is 10.4 Å². The second-order valence-electron chi connectivity index (χ2n) is 4.38. The van der Waals surface area contributed by atoms with Crippen LogP contribution in [0.3, 0.4) is 0 Å². The maximum Gasteiger partial charge on any atom is 0.125 e. The molecule has 94 valence electrons. The highest BCUT2D eigenvalue weighted by molar-refractivity contribution is 5.53. The number of aryl methyl sites for hydroxylation is 1. The van der Waals surface area contributed by atoms with Gasteiger partial charge in [-0.1, -0.05) is 24.3 Å². The SMILES string of the molecule is Cc1ccc(F)cc1NC(C)c1ccccc1O. The Morgan fingerprint density at radius 1 is 1.17 bits per heavy atom. The van der Waals surface area contributed by atoms with Crippen molar-refractivity contribution < 1.29 is 9.50 Å². The van der Waals surface area contributed by atoms with Gasteiger partial charge in [-0.25, -0.2) is 4.39 Å². The molecule has 1 atom stereocenters. The number of aromatic hydroxyl groups is 1. The number of rotatable bonds is 3. The summed E-state index contributed by atoms with van der Waals surface area (Å²) in [5.74, 6) is -0.0286. The molecule has 2 aromatic rings. The van der Waals surface area contributed by atoms with Gasteiger partial charge in [-0.05, 0) is 37.6 Å². The Morgan fingerprint density at radius 2 is 1.89 bits per heavy atom. The smallest absolute Gasteiger partial charge is 0.125 e. The highest BCUT2D eigenvalue weighted by Crippen LogP contribution is 2.27. The Labute approximate surface area is 106 Å². The number of anilines is 1. The van der Waals surface area contributed by atoms with Crippen LogP contribution in [0.25, 0.3) is 0 Å². The largest absolute Gasteiger partial charge is 0.508 e. The van der Waals surface area contributed by atoms with Gasteiger partial charge in [-0.15, -0.1) is 0 Å². The zero-order valence-corrected chi connectivity index (χ0v) is 10.4. The first-order valence-electron chi connectivity index (χ1n) is 5.88. The van der Waals surface area contributed by atoms with Crippen molar-refractivity contribution in [3.8, 4) is 5.75 Å². The number of nitrogens with one attached hydrogen (secondary N) is 1. The van der Waals surface area contributed by atoms with Gasteiger partial charge in [0.2, 0.25) is 0 Å². The molecule has 0 saturated heterocycles. The van der Waals surface area contributed by atoms with Crippen molar-refractivity contribution in [3.63, 3.8) is 0 Å². The molecule has 2 N–H and O–H groups in total. The average Bonchev–Trinajstić information content (AvgIpc) is 2.34. The number of halogens is 1. The first-order chi connectivity index (χ1) is 8.58. The molecule has 2 rings (SSSR count). The molecule has 0 radical (unpaired) electrons. The molecule has 0 aliphatic heterocycles. The van der Waals surface area contributed by atoms with Crippen LogP contribution in [0.4, 0.5) is 10.1 Å². The zero-order chi connectivity index (χ0) is 13.1. The number of phenolic OH excluding ortho intramolecular Hbond substituents is 1. The molecular formula is C15H16FNO. The van der Waals surface area contributed by atoms with Crippen molar-refractivity contribution in [2.45, 2.75) is 19.9 Å². The van der Waals surface area contributed by atoms with Crippen LogP contribution < -0.4 is 5.32 Å².